The summed E-state index contributed by atoms with van der Waals surface area (Å²) in [4.78, 5) is 0. The summed E-state index contributed by atoms with van der Waals surface area (Å²) in [6.07, 6.45) is -1.25. The molecule has 0 saturated heterocycles. The predicted octanol–water partition coefficient (Wildman–Crippen LogP) is -0.459. The van der Waals surface area contributed by atoms with Crippen LogP contribution >= 0.6 is 0 Å². The molecule has 9 heavy (non-hydrogen) atoms. The lowest BCUT2D eigenvalue weighted by Gasteiger charge is -2.21. The zero-order valence-corrected chi connectivity index (χ0v) is 6.13. The van der Waals surface area contributed by atoms with E-state index in [1.54, 1.807) is 7.05 Å². The third-order valence-corrected chi connectivity index (χ3v) is 1.37. The SMILES string of the molecule is CNC(C(C)C)C(O)O. The third-order valence-electron chi connectivity index (χ3n) is 1.37. The van der Waals surface area contributed by atoms with Gasteiger partial charge in [-0.25, -0.2) is 0 Å². The Bertz CT molecular complexity index is 65.5. The van der Waals surface area contributed by atoms with E-state index in [0.717, 1.165) is 0 Å². The van der Waals surface area contributed by atoms with Crippen LogP contribution in [0, 0.1) is 5.92 Å². The highest BCUT2D eigenvalue weighted by molar-refractivity contribution is 4.69. The zero-order valence-electron chi connectivity index (χ0n) is 6.13. The van der Waals surface area contributed by atoms with E-state index < -0.39 is 6.29 Å². The van der Waals surface area contributed by atoms with Crippen LogP contribution in [0.5, 0.6) is 0 Å². The maximum Gasteiger partial charge on any atom is 0.167 e. The molecule has 3 heteroatoms. The Hall–Kier alpha value is -0.120. The molecule has 0 aliphatic rings. The maximum absolute atomic E-state index is 8.68. The van der Waals surface area contributed by atoms with Gasteiger partial charge in [0.15, 0.2) is 6.29 Å². The molecule has 1 unspecified atom stereocenters. The molecule has 0 bridgehead atoms. The largest absolute Gasteiger partial charge is 0.367 e. The highest BCUT2D eigenvalue weighted by atomic mass is 16.5. The van der Waals surface area contributed by atoms with E-state index in [1.165, 1.54) is 0 Å². The van der Waals surface area contributed by atoms with E-state index in [-0.39, 0.29) is 12.0 Å². The van der Waals surface area contributed by atoms with Crippen LogP contribution in [-0.4, -0.2) is 29.6 Å². The Morgan fingerprint density at radius 1 is 1.22 bits per heavy atom. The molecule has 0 amide bonds. The van der Waals surface area contributed by atoms with E-state index in [1.807, 2.05) is 13.8 Å². The van der Waals surface area contributed by atoms with Gasteiger partial charge in [0.1, 0.15) is 0 Å². The monoisotopic (exact) mass is 133 g/mol. The fourth-order valence-corrected chi connectivity index (χ4v) is 0.827. The number of hydrogen-bond acceptors (Lipinski definition) is 3. The van der Waals surface area contributed by atoms with Crippen molar-refractivity contribution < 1.29 is 10.2 Å². The van der Waals surface area contributed by atoms with Gasteiger partial charge < -0.3 is 15.5 Å². The van der Waals surface area contributed by atoms with Crippen LogP contribution in [0.4, 0.5) is 0 Å². The molecule has 3 nitrogen and oxygen atoms in total. The average Bonchev–Trinajstić information content (AvgIpc) is 1.64. The van der Waals surface area contributed by atoms with Gasteiger partial charge in [-0.2, -0.15) is 0 Å². The number of aliphatic hydroxyl groups excluding tert-OH is 1. The van der Waals surface area contributed by atoms with Gasteiger partial charge in [-0.3, -0.25) is 0 Å². The minimum atomic E-state index is -1.25. The maximum atomic E-state index is 8.68. The van der Waals surface area contributed by atoms with Crippen molar-refractivity contribution in [2.45, 2.75) is 26.2 Å². The number of likely N-dealkylation sites (N-methyl/N-ethyl adjacent to an activating group) is 1. The smallest absolute Gasteiger partial charge is 0.167 e. The lowest BCUT2D eigenvalue weighted by atomic mass is 10.0. The Labute approximate surface area is 55.7 Å². The first-order chi connectivity index (χ1) is 4.09. The van der Waals surface area contributed by atoms with Gasteiger partial charge in [0.05, 0.1) is 6.04 Å². The molecule has 3 N–H and O–H groups in total. The first-order valence-electron chi connectivity index (χ1n) is 3.13. The van der Waals surface area contributed by atoms with Gasteiger partial charge in [0.25, 0.3) is 0 Å². The highest BCUT2D eigenvalue weighted by Crippen LogP contribution is 2.02. The van der Waals surface area contributed by atoms with E-state index >= 15 is 0 Å². The van der Waals surface area contributed by atoms with E-state index in [9.17, 15) is 0 Å². The quantitative estimate of drug-likeness (QED) is 0.457. The molecule has 0 spiro atoms. The first-order valence-corrected chi connectivity index (χ1v) is 3.13. The van der Waals surface area contributed by atoms with Gasteiger partial charge >= 0.3 is 0 Å². The van der Waals surface area contributed by atoms with Gasteiger partial charge in [-0.05, 0) is 13.0 Å². The molecular weight excluding hydrogens is 118 g/mol. The Morgan fingerprint density at radius 2 is 1.67 bits per heavy atom. The van der Waals surface area contributed by atoms with Gasteiger partial charge in [-0.15, -0.1) is 0 Å². The summed E-state index contributed by atoms with van der Waals surface area (Å²) in [6, 6.07) is -0.218. The van der Waals surface area contributed by atoms with Crippen LogP contribution in [-0.2, 0) is 0 Å². The number of hydrogen-bond donors (Lipinski definition) is 3. The molecular formula is C6H15NO2. The molecule has 0 heterocycles. The summed E-state index contributed by atoms with van der Waals surface area (Å²) >= 11 is 0. The van der Waals surface area contributed by atoms with Crippen molar-refractivity contribution >= 4 is 0 Å². The molecule has 0 aliphatic carbocycles. The summed E-state index contributed by atoms with van der Waals surface area (Å²) in [5, 5.41) is 20.2. The zero-order chi connectivity index (χ0) is 7.44. The van der Waals surface area contributed by atoms with Gasteiger partial charge in [-0.1, -0.05) is 13.8 Å². The number of aliphatic hydroxyl groups is 2. The summed E-state index contributed by atoms with van der Waals surface area (Å²) in [7, 11) is 1.71. The molecule has 0 aromatic carbocycles. The van der Waals surface area contributed by atoms with Crippen LogP contribution in [0.15, 0.2) is 0 Å². The van der Waals surface area contributed by atoms with Crippen molar-refractivity contribution in [2.75, 3.05) is 7.05 Å². The van der Waals surface area contributed by atoms with Gasteiger partial charge in [0, 0.05) is 0 Å². The molecule has 0 aliphatic heterocycles. The fraction of sp³-hybridized carbons (Fsp3) is 1.00. The van der Waals surface area contributed by atoms with Crippen molar-refractivity contribution in [1.29, 1.82) is 0 Å². The second-order valence-corrected chi connectivity index (χ2v) is 2.47. The Balaban J connectivity index is 3.68. The number of nitrogens with one attached hydrogen (secondary N) is 1. The normalized spacial score (nSPS) is 15.0. The van der Waals surface area contributed by atoms with Crippen LogP contribution in [0.25, 0.3) is 0 Å². The number of rotatable bonds is 3. The van der Waals surface area contributed by atoms with E-state index in [4.69, 9.17) is 10.2 Å². The minimum Gasteiger partial charge on any atom is -0.367 e. The van der Waals surface area contributed by atoms with Crippen LogP contribution in [0.1, 0.15) is 13.8 Å². The van der Waals surface area contributed by atoms with E-state index in [2.05, 4.69) is 5.32 Å². The summed E-state index contributed by atoms with van der Waals surface area (Å²) in [5.41, 5.74) is 0. The van der Waals surface area contributed by atoms with Crippen molar-refractivity contribution in [3.63, 3.8) is 0 Å². The van der Waals surface area contributed by atoms with Crippen LogP contribution < -0.4 is 5.32 Å². The molecule has 56 valence electrons. The molecule has 0 aromatic rings. The van der Waals surface area contributed by atoms with E-state index in [0.29, 0.717) is 0 Å². The molecule has 0 rings (SSSR count). The first kappa shape index (κ1) is 8.88. The molecule has 1 atom stereocenters. The fourth-order valence-electron chi connectivity index (χ4n) is 0.827. The van der Waals surface area contributed by atoms with Gasteiger partial charge in [0.2, 0.25) is 0 Å². The molecule has 0 radical (unpaired) electrons. The second-order valence-electron chi connectivity index (χ2n) is 2.47. The van der Waals surface area contributed by atoms with Crippen molar-refractivity contribution in [3.8, 4) is 0 Å². The molecule has 0 saturated carbocycles. The summed E-state index contributed by atoms with van der Waals surface area (Å²) in [6.45, 7) is 3.86. The lowest BCUT2D eigenvalue weighted by molar-refractivity contribution is -0.0755. The standard InChI is InChI=1S/C6H15NO2/c1-4(2)5(7-3)6(8)9/h4-9H,1-3H3. The third kappa shape index (κ3) is 2.79. The van der Waals surface area contributed by atoms with Crippen molar-refractivity contribution in [3.05, 3.63) is 0 Å². The van der Waals surface area contributed by atoms with Crippen molar-refractivity contribution in [2.24, 2.45) is 5.92 Å². The molecule has 0 aromatic heterocycles. The Morgan fingerprint density at radius 3 is 1.67 bits per heavy atom. The second kappa shape index (κ2) is 3.82. The van der Waals surface area contributed by atoms with Crippen LogP contribution in [0.3, 0.4) is 0 Å². The van der Waals surface area contributed by atoms with Crippen molar-refractivity contribution in [1.82, 2.24) is 5.32 Å². The topological polar surface area (TPSA) is 52.5 Å². The highest BCUT2D eigenvalue weighted by Gasteiger charge is 2.17. The molecule has 0 fully saturated rings. The minimum absolute atomic E-state index is 0.218. The predicted molar refractivity (Wildman–Crippen MR) is 35.9 cm³/mol. The summed E-state index contributed by atoms with van der Waals surface area (Å²) < 4.78 is 0. The average molecular weight is 133 g/mol. The summed E-state index contributed by atoms with van der Waals surface area (Å²) in [5.74, 6) is 0.245. The lowest BCUT2D eigenvalue weighted by Crippen LogP contribution is -2.41. The van der Waals surface area contributed by atoms with Crippen LogP contribution in [0.2, 0.25) is 0 Å². The Kier molecular flexibility index (Phi) is 3.77.